The van der Waals surface area contributed by atoms with Crippen LogP contribution in [0.15, 0.2) is 59.6 Å². The summed E-state index contributed by atoms with van der Waals surface area (Å²) in [6, 6.07) is 14.4. The van der Waals surface area contributed by atoms with Gasteiger partial charge in [-0.3, -0.25) is 0 Å². The van der Waals surface area contributed by atoms with Gasteiger partial charge in [0.25, 0.3) is 0 Å². The van der Waals surface area contributed by atoms with E-state index >= 15 is 0 Å². The van der Waals surface area contributed by atoms with E-state index in [1.54, 1.807) is 11.8 Å². The number of pyridine rings is 1. The summed E-state index contributed by atoms with van der Waals surface area (Å²) in [6.07, 6.45) is 6.12. The number of thioether (sulfide) groups is 1. The van der Waals surface area contributed by atoms with Crippen LogP contribution in [0.5, 0.6) is 5.75 Å². The van der Waals surface area contributed by atoms with Crippen LogP contribution in [0.1, 0.15) is 73.5 Å². The molecule has 6 rings (SSSR count). The Labute approximate surface area is 239 Å². The maximum absolute atomic E-state index is 12.4. The van der Waals surface area contributed by atoms with Crippen molar-refractivity contribution < 1.29 is 14.3 Å². The van der Waals surface area contributed by atoms with Crippen molar-refractivity contribution in [2.75, 3.05) is 13.7 Å². The van der Waals surface area contributed by atoms with Crippen molar-refractivity contribution in [2.45, 2.75) is 58.4 Å². The lowest BCUT2D eigenvalue weighted by atomic mass is 9.81. The minimum Gasteiger partial charge on any atom is -0.491 e. The molecule has 1 aliphatic heterocycles. The number of esters is 1. The summed E-state index contributed by atoms with van der Waals surface area (Å²) in [6.45, 7) is 9.13. The predicted octanol–water partition coefficient (Wildman–Crippen LogP) is 8.00. The van der Waals surface area contributed by atoms with Crippen LogP contribution in [0.25, 0.3) is 38.0 Å². The number of fused-ring (bicyclic) bond motifs is 6. The van der Waals surface area contributed by atoms with E-state index in [1.165, 1.54) is 55.9 Å². The van der Waals surface area contributed by atoms with E-state index in [1.807, 2.05) is 32.0 Å². The van der Waals surface area contributed by atoms with Crippen LogP contribution in [0.3, 0.4) is 0 Å². The third-order valence-electron chi connectivity index (χ3n) is 8.02. The lowest BCUT2D eigenvalue weighted by Crippen LogP contribution is -2.07. The second kappa shape index (κ2) is 10.7. The molecular formula is C33H35N3O3S. The fraction of sp³-hybridized carbons (Fsp3) is 0.333. The Kier molecular flexibility index (Phi) is 7.09. The summed E-state index contributed by atoms with van der Waals surface area (Å²) in [5, 5.41) is 2.27. The van der Waals surface area contributed by atoms with E-state index < -0.39 is 0 Å². The molecule has 0 saturated heterocycles. The van der Waals surface area contributed by atoms with Gasteiger partial charge >= 0.3 is 5.97 Å². The van der Waals surface area contributed by atoms with Crippen LogP contribution >= 0.6 is 11.8 Å². The van der Waals surface area contributed by atoms with Gasteiger partial charge in [-0.15, -0.1) is 0 Å². The van der Waals surface area contributed by atoms with Crippen molar-refractivity contribution in [3.8, 4) is 17.0 Å². The highest BCUT2D eigenvalue weighted by molar-refractivity contribution is 8.11. The Morgan fingerprint density at radius 1 is 1.12 bits per heavy atom. The van der Waals surface area contributed by atoms with Crippen LogP contribution in [0.2, 0.25) is 0 Å². The monoisotopic (exact) mass is 553 g/mol. The number of aromatic nitrogens is 2. The lowest BCUT2D eigenvalue weighted by Gasteiger charge is -2.23. The molecule has 0 amide bonds. The average molecular weight is 554 g/mol. The number of rotatable bonds is 5. The zero-order valence-corrected chi connectivity index (χ0v) is 24.2. The fourth-order valence-corrected chi connectivity index (χ4v) is 7.01. The van der Waals surface area contributed by atoms with Crippen molar-refractivity contribution >= 4 is 44.4 Å². The molecule has 2 N–H and O–H groups in total. The molecule has 1 saturated carbocycles. The zero-order chi connectivity index (χ0) is 28.0. The van der Waals surface area contributed by atoms with Crippen molar-refractivity contribution in [2.24, 2.45) is 5.73 Å². The molecule has 2 aliphatic rings. The van der Waals surface area contributed by atoms with Gasteiger partial charge < -0.3 is 19.8 Å². The second-order valence-corrected chi connectivity index (χ2v) is 12.2. The van der Waals surface area contributed by atoms with E-state index in [-0.39, 0.29) is 5.97 Å². The molecular weight excluding hydrogens is 518 g/mol. The lowest BCUT2D eigenvalue weighted by molar-refractivity contribution is 0.0601. The molecule has 1 fully saturated rings. The molecule has 1 aliphatic carbocycles. The summed E-state index contributed by atoms with van der Waals surface area (Å²) >= 11 is 1.55. The highest BCUT2D eigenvalue weighted by Crippen LogP contribution is 2.48. The smallest absolute Gasteiger partial charge is 0.337 e. The highest BCUT2D eigenvalue weighted by atomic mass is 32.2. The van der Waals surface area contributed by atoms with Crippen molar-refractivity contribution in [3.63, 3.8) is 0 Å². The molecule has 2 aromatic heterocycles. The maximum atomic E-state index is 12.4. The summed E-state index contributed by atoms with van der Waals surface area (Å²) in [7, 11) is 1.43. The summed E-state index contributed by atoms with van der Waals surface area (Å²) in [5.74, 6) is 0.991. The Morgan fingerprint density at radius 3 is 2.65 bits per heavy atom. The second-order valence-electron chi connectivity index (χ2n) is 10.9. The van der Waals surface area contributed by atoms with Gasteiger partial charge in [-0.2, -0.15) is 0 Å². The van der Waals surface area contributed by atoms with Crippen LogP contribution in [-0.4, -0.2) is 29.2 Å². The first-order valence-corrected chi connectivity index (χ1v) is 14.8. The Morgan fingerprint density at radius 2 is 1.93 bits per heavy atom. The molecule has 40 heavy (non-hydrogen) atoms. The third kappa shape index (κ3) is 4.66. The normalized spacial score (nSPS) is 16.1. The van der Waals surface area contributed by atoms with Gasteiger partial charge in [-0.25, -0.2) is 9.78 Å². The van der Waals surface area contributed by atoms with Gasteiger partial charge in [0.05, 0.1) is 41.0 Å². The molecule has 0 spiro atoms. The number of hydrogen-bond donors (Lipinski definition) is 1. The van der Waals surface area contributed by atoms with E-state index in [9.17, 15) is 4.79 Å². The largest absolute Gasteiger partial charge is 0.491 e. The molecule has 0 radical (unpaired) electrons. The minimum absolute atomic E-state index is 0.319. The molecule has 6 nitrogen and oxygen atoms in total. The van der Waals surface area contributed by atoms with Crippen molar-refractivity contribution in [1.29, 1.82) is 0 Å². The van der Waals surface area contributed by atoms with Crippen molar-refractivity contribution in [3.05, 3.63) is 76.5 Å². The van der Waals surface area contributed by atoms with E-state index in [2.05, 4.69) is 35.4 Å². The number of nitrogens with two attached hydrogens (primary N) is 1. The number of nitrogens with zero attached hydrogens (tertiary/aromatic N) is 2. The van der Waals surface area contributed by atoms with Crippen LogP contribution in [0.4, 0.5) is 0 Å². The third-order valence-corrected chi connectivity index (χ3v) is 9.11. The maximum Gasteiger partial charge on any atom is 0.337 e. The van der Waals surface area contributed by atoms with Gasteiger partial charge in [-0.05, 0) is 67.3 Å². The molecule has 0 bridgehead atoms. The number of carbonyl (C=O) groups is 1. The number of ether oxygens (including phenoxy) is 2. The number of hydrogen-bond acceptors (Lipinski definition) is 6. The predicted molar refractivity (Wildman–Crippen MR) is 165 cm³/mol. The van der Waals surface area contributed by atoms with Gasteiger partial charge in [0.1, 0.15) is 12.4 Å². The first-order valence-electron chi connectivity index (χ1n) is 14.0. The van der Waals surface area contributed by atoms with Gasteiger partial charge in [0.15, 0.2) is 0 Å². The van der Waals surface area contributed by atoms with Crippen molar-refractivity contribution in [1.82, 2.24) is 9.55 Å². The fourth-order valence-electron chi connectivity index (χ4n) is 6.29. The van der Waals surface area contributed by atoms with Gasteiger partial charge in [-0.1, -0.05) is 49.7 Å². The number of methoxy groups -OCH3 is 1. The summed E-state index contributed by atoms with van der Waals surface area (Å²) < 4.78 is 13.8. The number of allylic oxidation sites excluding steroid dienone is 2. The molecule has 4 aromatic rings. The Hall–Kier alpha value is -3.71. The standard InChI is InChI=1S/C33H35N3O3S/c1-19(2)40-32(20(3)34)26-13-11-22-16-25-29(18-27(22)35-26)39-15-14-36-28-17-23(33(37)38-4)10-12-24(28)30(31(25)36)21-8-6-5-7-9-21/h10-13,16-18,21H,1,5-9,14-15,34H2,2-4H3/b32-20-. The highest BCUT2D eigenvalue weighted by Gasteiger charge is 2.30. The number of carbonyl (C=O) groups excluding carboxylic acids is 1. The molecule has 206 valence electrons. The van der Waals surface area contributed by atoms with Crippen LogP contribution < -0.4 is 10.5 Å². The average Bonchev–Trinajstić information content (AvgIpc) is 3.16. The molecule has 7 heteroatoms. The molecule has 0 atom stereocenters. The van der Waals surface area contributed by atoms with Gasteiger partial charge in [0.2, 0.25) is 0 Å². The van der Waals surface area contributed by atoms with Crippen LogP contribution in [-0.2, 0) is 11.3 Å². The molecule has 2 aromatic carbocycles. The summed E-state index contributed by atoms with van der Waals surface area (Å²) in [4.78, 5) is 19.3. The number of benzene rings is 2. The Bertz CT molecular complexity index is 1690. The SMILES string of the molecule is C=C(C)S/C(=C(/C)N)c1ccc2cc3c(cc2n1)OCCn1c-3c(C2CCCCC2)c2ccc(C(=O)OC)cc21. The first kappa shape index (κ1) is 26.5. The topological polar surface area (TPSA) is 79.4 Å². The minimum atomic E-state index is -0.319. The van der Waals surface area contributed by atoms with Gasteiger partial charge in [0, 0.05) is 33.6 Å². The van der Waals surface area contributed by atoms with E-state index in [0.29, 0.717) is 24.6 Å². The Balaban J connectivity index is 1.57. The van der Waals surface area contributed by atoms with Crippen LogP contribution in [0, 0.1) is 0 Å². The molecule has 0 unspecified atom stereocenters. The molecule has 3 heterocycles. The quantitative estimate of drug-likeness (QED) is 0.252. The van der Waals surface area contributed by atoms with E-state index in [4.69, 9.17) is 20.2 Å². The summed E-state index contributed by atoms with van der Waals surface area (Å²) in [5.41, 5.74) is 14.0. The zero-order valence-electron chi connectivity index (χ0n) is 23.4. The first-order chi connectivity index (χ1) is 19.4. The van der Waals surface area contributed by atoms with E-state index in [0.717, 1.165) is 48.9 Å².